The summed E-state index contributed by atoms with van der Waals surface area (Å²) in [7, 11) is 0. The van der Waals surface area contributed by atoms with Crippen molar-refractivity contribution in [2.75, 3.05) is 31.7 Å². The summed E-state index contributed by atoms with van der Waals surface area (Å²) < 4.78 is 38.1. The highest BCUT2D eigenvalue weighted by Crippen LogP contribution is 2.46. The molecule has 0 radical (unpaired) electrons. The van der Waals surface area contributed by atoms with Crippen molar-refractivity contribution >= 4 is 22.8 Å². The van der Waals surface area contributed by atoms with Gasteiger partial charge < -0.3 is 35.3 Å². The number of aryl methyl sites for hydroxylation is 1. The number of carbonyl (C=O) groups excluding carboxylic acids is 1. The van der Waals surface area contributed by atoms with E-state index in [4.69, 9.17) is 24.7 Å². The van der Waals surface area contributed by atoms with Crippen LogP contribution in [0.2, 0.25) is 0 Å². The monoisotopic (exact) mass is 564 g/mol. The van der Waals surface area contributed by atoms with Crippen LogP contribution in [-0.4, -0.2) is 70.6 Å². The molecule has 216 valence electrons. The predicted octanol–water partition coefficient (Wildman–Crippen LogP) is 2.40. The minimum Gasteiger partial charge on any atom is -0.480 e. The Balaban J connectivity index is 0.982. The fourth-order valence-corrected chi connectivity index (χ4v) is 6.13. The molecule has 3 aromatic heterocycles. The van der Waals surface area contributed by atoms with E-state index in [9.17, 15) is 4.79 Å². The third kappa shape index (κ3) is 5.21. The van der Waals surface area contributed by atoms with Crippen LogP contribution in [0, 0.1) is 5.82 Å². The second-order valence-electron chi connectivity index (χ2n) is 11.5. The van der Waals surface area contributed by atoms with Crippen LogP contribution >= 0.6 is 0 Å². The summed E-state index contributed by atoms with van der Waals surface area (Å²) in [5.41, 5.74) is 8.00. The number of nitrogens with one attached hydrogen (secondary N) is 2. The number of hydrogen-bond donors (Lipinski definition) is 3. The van der Waals surface area contributed by atoms with Gasteiger partial charge in [0.1, 0.15) is 18.5 Å². The Kier molecular flexibility index (Phi) is 6.73. The van der Waals surface area contributed by atoms with E-state index in [2.05, 4.69) is 25.6 Å². The number of fused-ring (bicyclic) bond motifs is 5. The van der Waals surface area contributed by atoms with Crippen LogP contribution in [0.1, 0.15) is 43.4 Å². The minimum absolute atomic E-state index is 0.0102. The van der Waals surface area contributed by atoms with E-state index in [0.717, 1.165) is 31.4 Å². The van der Waals surface area contributed by atoms with E-state index in [1.807, 2.05) is 12.1 Å². The molecule has 1 aliphatic carbocycles. The fourth-order valence-electron chi connectivity index (χ4n) is 6.13. The molecule has 4 N–H and O–H groups in total. The number of carbonyl (C=O) groups is 1. The van der Waals surface area contributed by atoms with Gasteiger partial charge in [0.2, 0.25) is 5.88 Å². The number of aromatic nitrogens is 3. The number of amides is 1. The number of nitrogens with zero attached hydrogens (tertiary/aromatic N) is 3. The van der Waals surface area contributed by atoms with Crippen LogP contribution in [0.25, 0.3) is 11.0 Å². The second-order valence-corrected chi connectivity index (χ2v) is 11.5. The molecule has 1 amide bonds. The molecule has 1 saturated carbocycles. The molecule has 4 fully saturated rings. The lowest BCUT2D eigenvalue weighted by atomic mass is 9.69. The number of pyridine rings is 3. The molecule has 3 aromatic rings. The van der Waals surface area contributed by atoms with Crippen molar-refractivity contribution in [3.8, 4) is 11.6 Å². The first-order valence-electron chi connectivity index (χ1n) is 14.2. The third-order valence-corrected chi connectivity index (χ3v) is 8.90. The summed E-state index contributed by atoms with van der Waals surface area (Å²) in [6.45, 7) is 1.98. The lowest BCUT2D eigenvalue weighted by molar-refractivity contribution is -0.165. The van der Waals surface area contributed by atoms with Gasteiger partial charge in [-0.1, -0.05) is 0 Å². The van der Waals surface area contributed by atoms with Crippen LogP contribution < -0.4 is 25.8 Å². The summed E-state index contributed by atoms with van der Waals surface area (Å²) >= 11 is 0. The smallest absolute Gasteiger partial charge is 0.263 e. The molecule has 11 nitrogen and oxygen atoms in total. The first-order valence-corrected chi connectivity index (χ1v) is 14.2. The summed E-state index contributed by atoms with van der Waals surface area (Å²) in [5, 5.41) is 6.43. The number of anilines is 1. The molecule has 7 heterocycles. The molecule has 4 aliphatic heterocycles. The predicted molar refractivity (Wildman–Crippen MR) is 146 cm³/mol. The minimum atomic E-state index is -0.371. The first-order chi connectivity index (χ1) is 19.9. The number of nitrogens with two attached hydrogens (primary N) is 1. The highest BCUT2D eigenvalue weighted by atomic mass is 19.1. The zero-order valence-corrected chi connectivity index (χ0v) is 22.7. The molecule has 2 atom stereocenters. The highest BCUT2D eigenvalue weighted by molar-refractivity contribution is 5.94. The van der Waals surface area contributed by atoms with E-state index < -0.39 is 0 Å². The Morgan fingerprint density at radius 2 is 2.05 bits per heavy atom. The van der Waals surface area contributed by atoms with Crippen LogP contribution in [0.15, 0.2) is 30.5 Å². The van der Waals surface area contributed by atoms with Gasteiger partial charge in [-0.25, -0.2) is 14.4 Å². The Morgan fingerprint density at radius 1 is 1.17 bits per heavy atom. The molecule has 41 heavy (non-hydrogen) atoms. The first kappa shape index (κ1) is 26.4. The zero-order chi connectivity index (χ0) is 28.0. The number of halogens is 1. The van der Waals surface area contributed by atoms with Gasteiger partial charge in [-0.15, -0.1) is 0 Å². The maximum Gasteiger partial charge on any atom is 0.263 e. The average molecular weight is 565 g/mol. The molecule has 5 aliphatic rings. The van der Waals surface area contributed by atoms with Crippen molar-refractivity contribution in [2.24, 2.45) is 5.73 Å². The fraction of sp³-hybridized carbons (Fsp3) is 0.517. The van der Waals surface area contributed by atoms with Gasteiger partial charge in [0.15, 0.2) is 18.2 Å². The van der Waals surface area contributed by atoms with Crippen LogP contribution in [-0.2, 0) is 27.2 Å². The van der Waals surface area contributed by atoms with Gasteiger partial charge in [0.25, 0.3) is 5.91 Å². The Morgan fingerprint density at radius 3 is 2.80 bits per heavy atom. The maximum atomic E-state index is 15.1. The van der Waals surface area contributed by atoms with Gasteiger partial charge in [-0.3, -0.25) is 9.78 Å². The molecule has 3 saturated heterocycles. The number of ether oxygens (including phenoxy) is 4. The quantitative estimate of drug-likeness (QED) is 0.355. The highest BCUT2D eigenvalue weighted by Gasteiger charge is 2.49. The van der Waals surface area contributed by atoms with Crippen molar-refractivity contribution in [3.63, 3.8) is 0 Å². The zero-order valence-electron chi connectivity index (χ0n) is 22.7. The summed E-state index contributed by atoms with van der Waals surface area (Å²) in [6.07, 6.45) is 5.99. The summed E-state index contributed by atoms with van der Waals surface area (Å²) in [4.78, 5) is 25.0. The molecular formula is C29H33FN6O5. The van der Waals surface area contributed by atoms with Gasteiger partial charge in [-0.05, 0) is 56.7 Å². The van der Waals surface area contributed by atoms with E-state index in [1.165, 1.54) is 6.20 Å². The Bertz CT molecular complexity index is 1460. The Labute approximate surface area is 236 Å². The van der Waals surface area contributed by atoms with Crippen molar-refractivity contribution in [3.05, 3.63) is 47.5 Å². The number of rotatable bonds is 9. The number of hydrogen-bond acceptors (Lipinski definition) is 10. The van der Waals surface area contributed by atoms with Gasteiger partial charge in [0.05, 0.1) is 47.8 Å². The van der Waals surface area contributed by atoms with Gasteiger partial charge in [0, 0.05) is 23.7 Å². The van der Waals surface area contributed by atoms with Crippen molar-refractivity contribution in [1.82, 2.24) is 20.3 Å². The van der Waals surface area contributed by atoms with Crippen molar-refractivity contribution in [1.29, 1.82) is 0 Å². The van der Waals surface area contributed by atoms with Crippen LogP contribution in [0.5, 0.6) is 11.6 Å². The molecule has 0 spiro atoms. The largest absolute Gasteiger partial charge is 0.480 e. The van der Waals surface area contributed by atoms with Gasteiger partial charge >= 0.3 is 0 Å². The van der Waals surface area contributed by atoms with E-state index in [-0.39, 0.29) is 41.6 Å². The molecular weight excluding hydrogens is 531 g/mol. The van der Waals surface area contributed by atoms with Crippen molar-refractivity contribution in [2.45, 2.75) is 68.4 Å². The molecule has 12 heteroatoms. The SMILES string of the molecule is N[C@H]1CO[C@@H]1COc1ccc2ncc(F)c(CCC34CCC(NCc5ccc6c(n5)NC(=O)CO6)(CC3)CO4)c2n1. The second kappa shape index (κ2) is 10.4. The van der Waals surface area contributed by atoms with E-state index >= 15 is 4.39 Å². The topological polar surface area (TPSA) is 143 Å². The van der Waals surface area contributed by atoms with Crippen LogP contribution in [0.4, 0.5) is 10.2 Å². The van der Waals surface area contributed by atoms with E-state index in [1.54, 1.807) is 12.1 Å². The third-order valence-electron chi connectivity index (χ3n) is 8.90. The van der Waals surface area contributed by atoms with E-state index in [0.29, 0.717) is 73.3 Å². The lowest BCUT2D eigenvalue weighted by Gasteiger charge is -2.53. The maximum absolute atomic E-state index is 15.1. The molecule has 0 unspecified atom stereocenters. The standard InChI is InChI=1S/C29H33FN6O5/c30-19-12-32-21-2-4-25(40-14-23-20(31)13-38-23)36-26(21)18(19)5-6-29-9-7-28(8-10-29,16-41-29)33-11-17-1-3-22-27(34-17)35-24(37)15-39-22/h1-4,12,20,23,33H,5-11,13-16,31H2,(H,34,35,37)/t20-,23+,28?,29?/m0/s1. The average Bonchev–Trinajstić information content (AvgIpc) is 2.99. The summed E-state index contributed by atoms with van der Waals surface area (Å²) in [5.74, 6) is 0.871. The Hall–Kier alpha value is -3.45. The summed E-state index contributed by atoms with van der Waals surface area (Å²) in [6, 6.07) is 7.25. The normalized spacial score (nSPS) is 28.5. The van der Waals surface area contributed by atoms with Crippen LogP contribution in [0.3, 0.4) is 0 Å². The van der Waals surface area contributed by atoms with Crippen molar-refractivity contribution < 1.29 is 28.1 Å². The molecule has 0 aromatic carbocycles. The lowest BCUT2D eigenvalue weighted by Crippen LogP contribution is -2.61. The molecule has 2 bridgehead atoms. The molecule has 8 rings (SSSR count). The van der Waals surface area contributed by atoms with Gasteiger partial charge in [-0.2, -0.15) is 0 Å².